The lowest BCUT2D eigenvalue weighted by Crippen LogP contribution is -2.30. The summed E-state index contributed by atoms with van der Waals surface area (Å²) in [6, 6.07) is 37.2. The van der Waals surface area contributed by atoms with E-state index in [1.807, 2.05) is 30.3 Å². The number of sulfonamides is 1. The van der Waals surface area contributed by atoms with E-state index in [-0.39, 0.29) is 16.5 Å². The predicted molar refractivity (Wildman–Crippen MR) is 190 cm³/mol. The normalized spacial score (nSPS) is 12.1. The molecule has 0 heterocycles. The number of primary sulfonamides is 1. The van der Waals surface area contributed by atoms with Crippen molar-refractivity contribution in [2.24, 2.45) is 5.14 Å². The van der Waals surface area contributed by atoms with Gasteiger partial charge in [0.1, 0.15) is 10.9 Å². The molecule has 0 aliphatic heterocycles. The highest BCUT2D eigenvalue weighted by Crippen LogP contribution is 2.37. The third-order valence-electron chi connectivity index (χ3n) is 6.85. The van der Waals surface area contributed by atoms with Crippen LogP contribution in [0.3, 0.4) is 0 Å². The van der Waals surface area contributed by atoms with Crippen LogP contribution in [0.4, 0.5) is 11.4 Å². The van der Waals surface area contributed by atoms with Crippen LogP contribution >= 0.6 is 23.4 Å². The number of amides is 3. The lowest BCUT2D eigenvalue weighted by atomic mass is 10.1. The van der Waals surface area contributed by atoms with E-state index in [0.29, 0.717) is 27.5 Å². The maximum atomic E-state index is 13.5. The Balaban J connectivity index is 1.32. The molecule has 0 aromatic heterocycles. The first-order valence-corrected chi connectivity index (χ1v) is 17.3. The fourth-order valence-corrected chi connectivity index (χ4v) is 6.23. The second-order valence-electron chi connectivity index (χ2n) is 10.4. The van der Waals surface area contributed by atoms with E-state index in [1.165, 1.54) is 42.1 Å². The smallest absolute Gasteiger partial charge is 0.272 e. The number of rotatable bonds is 11. The number of thioether (sulfide) groups is 1. The molecule has 9 nitrogen and oxygen atoms in total. The van der Waals surface area contributed by atoms with E-state index in [2.05, 4.69) is 16.0 Å². The first kappa shape index (κ1) is 34.1. The molecule has 242 valence electrons. The maximum Gasteiger partial charge on any atom is 0.272 e. The molecule has 0 aliphatic carbocycles. The molecule has 48 heavy (non-hydrogen) atoms. The Morgan fingerprint density at radius 2 is 1.33 bits per heavy atom. The van der Waals surface area contributed by atoms with Crippen molar-refractivity contribution in [2.45, 2.75) is 15.0 Å². The van der Waals surface area contributed by atoms with Crippen LogP contribution in [0, 0.1) is 0 Å². The van der Waals surface area contributed by atoms with Crippen molar-refractivity contribution >= 4 is 68.6 Å². The van der Waals surface area contributed by atoms with Crippen LogP contribution in [0.15, 0.2) is 149 Å². The SMILES string of the molecule is NS(=O)(=O)c1ccc(NC(=O)C(Sc2ccc(NC(=O)/C(=C/c3cccc(Cl)c3)NC(=O)c3ccccc3)cc2)c2ccccc2)cc1. The van der Waals surface area contributed by atoms with E-state index < -0.39 is 27.1 Å². The Hall–Kier alpha value is -5.20. The molecule has 5 aromatic rings. The number of hydrogen-bond donors (Lipinski definition) is 4. The van der Waals surface area contributed by atoms with Gasteiger partial charge in [-0.3, -0.25) is 14.4 Å². The third kappa shape index (κ3) is 9.43. The number of carbonyl (C=O) groups is 3. The summed E-state index contributed by atoms with van der Waals surface area (Å²) in [5, 5.41) is 13.4. The van der Waals surface area contributed by atoms with Crippen LogP contribution in [0.5, 0.6) is 0 Å². The monoisotopic (exact) mass is 696 g/mol. The molecular weight excluding hydrogens is 668 g/mol. The van der Waals surface area contributed by atoms with Crippen LogP contribution in [-0.2, 0) is 19.6 Å². The first-order valence-electron chi connectivity index (χ1n) is 14.5. The zero-order chi connectivity index (χ0) is 34.1. The summed E-state index contributed by atoms with van der Waals surface area (Å²) < 4.78 is 23.2. The summed E-state index contributed by atoms with van der Waals surface area (Å²) in [5.41, 5.74) is 2.66. The van der Waals surface area contributed by atoms with E-state index >= 15 is 0 Å². The van der Waals surface area contributed by atoms with E-state index in [0.717, 1.165) is 10.5 Å². The molecule has 5 aromatic carbocycles. The minimum Gasteiger partial charge on any atom is -0.325 e. The van der Waals surface area contributed by atoms with Gasteiger partial charge >= 0.3 is 0 Å². The molecule has 5 N–H and O–H groups in total. The fourth-order valence-electron chi connectivity index (χ4n) is 4.49. The maximum absolute atomic E-state index is 13.5. The van der Waals surface area contributed by atoms with Gasteiger partial charge in [0, 0.05) is 26.9 Å². The number of anilines is 2. The summed E-state index contributed by atoms with van der Waals surface area (Å²) in [4.78, 5) is 40.5. The quantitative estimate of drug-likeness (QED) is 0.0876. The number of carbonyl (C=O) groups excluding carboxylic acids is 3. The molecule has 1 atom stereocenters. The average molecular weight is 697 g/mol. The minimum atomic E-state index is -3.87. The molecule has 0 radical (unpaired) electrons. The third-order valence-corrected chi connectivity index (χ3v) is 9.28. The van der Waals surface area contributed by atoms with Crippen LogP contribution in [0.25, 0.3) is 6.08 Å². The van der Waals surface area contributed by atoms with Gasteiger partial charge in [0.15, 0.2) is 0 Å². The molecule has 0 spiro atoms. The van der Waals surface area contributed by atoms with Gasteiger partial charge in [-0.05, 0) is 90.0 Å². The second-order valence-corrected chi connectivity index (χ2v) is 13.6. The standard InChI is InChI=1S/C36H29ClN4O5S2/c37-27-13-7-8-24(22-27)23-32(41-34(42)26-11-5-2-6-12-26)35(43)39-28-14-18-30(19-15-28)47-33(25-9-3-1-4-10-25)36(44)40-29-16-20-31(21-17-29)48(38,45)46/h1-23,33H,(H,39,43)(H,40,44)(H,41,42)(H2,38,45,46)/b32-23-. The van der Waals surface area contributed by atoms with Crippen LogP contribution in [-0.4, -0.2) is 26.1 Å². The van der Waals surface area contributed by atoms with E-state index in [9.17, 15) is 22.8 Å². The highest BCUT2D eigenvalue weighted by atomic mass is 35.5. The van der Waals surface area contributed by atoms with Crippen molar-refractivity contribution in [3.05, 3.63) is 161 Å². The Bertz CT molecular complexity index is 2060. The van der Waals surface area contributed by atoms with Gasteiger partial charge in [-0.2, -0.15) is 0 Å². The summed E-state index contributed by atoms with van der Waals surface area (Å²) in [6.07, 6.45) is 1.54. The minimum absolute atomic E-state index is 0.0162. The van der Waals surface area contributed by atoms with Gasteiger partial charge < -0.3 is 16.0 Å². The number of nitrogens with two attached hydrogens (primary N) is 1. The zero-order valence-electron chi connectivity index (χ0n) is 25.2. The largest absolute Gasteiger partial charge is 0.325 e. The Morgan fingerprint density at radius 1 is 0.729 bits per heavy atom. The molecular formula is C36H29ClN4O5S2. The molecule has 1 unspecified atom stereocenters. The van der Waals surface area contributed by atoms with Crippen LogP contribution in [0.2, 0.25) is 5.02 Å². The van der Waals surface area contributed by atoms with Gasteiger partial charge in [0.25, 0.3) is 11.8 Å². The molecule has 0 saturated carbocycles. The topological polar surface area (TPSA) is 147 Å². The summed E-state index contributed by atoms with van der Waals surface area (Å²) in [6.45, 7) is 0. The molecule has 5 rings (SSSR count). The first-order chi connectivity index (χ1) is 23.0. The molecule has 0 aliphatic rings. The highest BCUT2D eigenvalue weighted by Gasteiger charge is 2.23. The predicted octanol–water partition coefficient (Wildman–Crippen LogP) is 6.87. The second kappa shape index (κ2) is 15.6. The van der Waals surface area contributed by atoms with Crippen molar-refractivity contribution < 1.29 is 22.8 Å². The number of benzene rings is 5. The molecule has 0 fully saturated rings. The van der Waals surface area contributed by atoms with Gasteiger partial charge in [-0.15, -0.1) is 11.8 Å². The summed E-state index contributed by atoms with van der Waals surface area (Å²) in [7, 11) is -3.87. The highest BCUT2D eigenvalue weighted by molar-refractivity contribution is 8.00. The van der Waals surface area contributed by atoms with Gasteiger partial charge in [-0.25, -0.2) is 13.6 Å². The number of halogens is 1. The van der Waals surface area contributed by atoms with Crippen molar-refractivity contribution in [3.8, 4) is 0 Å². The number of nitrogens with one attached hydrogen (secondary N) is 3. The van der Waals surface area contributed by atoms with Crippen molar-refractivity contribution in [1.29, 1.82) is 0 Å². The zero-order valence-corrected chi connectivity index (χ0v) is 27.6. The molecule has 0 saturated heterocycles. The fraction of sp³-hybridized carbons (Fsp3) is 0.0278. The van der Waals surface area contributed by atoms with E-state index in [4.69, 9.17) is 16.7 Å². The summed E-state index contributed by atoms with van der Waals surface area (Å²) in [5.74, 6) is -1.32. The van der Waals surface area contributed by atoms with E-state index in [1.54, 1.807) is 78.9 Å². The van der Waals surface area contributed by atoms with Crippen LogP contribution < -0.4 is 21.1 Å². The lowest BCUT2D eigenvalue weighted by molar-refractivity contribution is -0.116. The van der Waals surface area contributed by atoms with Crippen molar-refractivity contribution in [3.63, 3.8) is 0 Å². The Morgan fingerprint density at radius 3 is 1.96 bits per heavy atom. The van der Waals surface area contributed by atoms with Crippen molar-refractivity contribution in [1.82, 2.24) is 5.32 Å². The van der Waals surface area contributed by atoms with Crippen LogP contribution in [0.1, 0.15) is 26.7 Å². The van der Waals surface area contributed by atoms with Gasteiger partial charge in [-0.1, -0.05) is 72.3 Å². The summed E-state index contributed by atoms with van der Waals surface area (Å²) >= 11 is 7.44. The average Bonchev–Trinajstić information content (AvgIpc) is 3.08. The van der Waals surface area contributed by atoms with Crippen molar-refractivity contribution in [2.75, 3.05) is 10.6 Å². The molecule has 0 bridgehead atoms. The van der Waals surface area contributed by atoms with Gasteiger partial charge in [0.2, 0.25) is 15.9 Å². The van der Waals surface area contributed by atoms with Gasteiger partial charge in [0.05, 0.1) is 4.90 Å². The number of hydrogen-bond acceptors (Lipinski definition) is 6. The Kier molecular flexibility index (Phi) is 11.1. The molecule has 12 heteroatoms. The molecule has 3 amide bonds. The Labute approximate surface area is 287 Å². The lowest BCUT2D eigenvalue weighted by Gasteiger charge is -2.18.